The average Bonchev–Trinajstić information content (AvgIpc) is 2.58. The number of rotatable bonds is 3. The Kier molecular flexibility index (Phi) is 3.14. The second-order valence-corrected chi connectivity index (χ2v) is 4.11. The van der Waals surface area contributed by atoms with Crippen molar-refractivity contribution in [3.63, 3.8) is 0 Å². The first-order valence-electron chi connectivity index (χ1n) is 5.56. The Labute approximate surface area is 100 Å². The molecule has 4 nitrogen and oxygen atoms in total. The van der Waals surface area contributed by atoms with Crippen LogP contribution >= 0.6 is 0 Å². The number of hydrogen-bond donors (Lipinski definition) is 1. The van der Waals surface area contributed by atoms with Crippen molar-refractivity contribution in [3.8, 4) is 0 Å². The highest BCUT2D eigenvalue weighted by Gasteiger charge is 2.29. The van der Waals surface area contributed by atoms with Crippen LogP contribution < -0.4 is 5.56 Å². The molecule has 0 atom stereocenters. The van der Waals surface area contributed by atoms with Gasteiger partial charge in [-0.2, -0.15) is 13.2 Å². The summed E-state index contributed by atoms with van der Waals surface area (Å²) in [6.07, 6.45) is -3.95. The normalized spacial score (nSPS) is 12.2. The van der Waals surface area contributed by atoms with Crippen LogP contribution in [0.15, 0.2) is 16.9 Å². The first-order valence-corrected chi connectivity index (χ1v) is 5.56. The maximum Gasteiger partial charge on any atom is 0.396 e. The first kappa shape index (κ1) is 12.7. The van der Waals surface area contributed by atoms with Crippen LogP contribution in [0, 0.1) is 0 Å². The number of pyridine rings is 1. The van der Waals surface area contributed by atoms with Gasteiger partial charge in [-0.1, -0.05) is 13.3 Å². The summed E-state index contributed by atoms with van der Waals surface area (Å²) in [6, 6.07) is 3.04. The van der Waals surface area contributed by atoms with Gasteiger partial charge in [-0.15, -0.1) is 0 Å². The molecule has 98 valence electrons. The molecule has 18 heavy (non-hydrogen) atoms. The van der Waals surface area contributed by atoms with Crippen LogP contribution in [-0.4, -0.2) is 20.8 Å². The summed E-state index contributed by atoms with van der Waals surface area (Å²) in [6.45, 7) is 1.96. The smallest absolute Gasteiger partial charge is 0.276 e. The Bertz CT molecular complexity index is 612. The molecule has 0 bridgehead atoms. The minimum absolute atomic E-state index is 0.227. The molecular weight excluding hydrogens is 247 g/mol. The highest BCUT2D eigenvalue weighted by Crippen LogP contribution is 2.19. The number of alkyl halides is 3. The Hall–Kier alpha value is -1.79. The summed E-state index contributed by atoms with van der Waals surface area (Å²) in [5, 5.41) is 2.36. The SMILES string of the molecule is CCCc1cc(=O)n2[nH]c(CC(F)(F)F)nc2c1. The Balaban J connectivity index is 2.44. The number of aromatic amines is 1. The fourth-order valence-corrected chi connectivity index (χ4v) is 1.80. The first-order chi connectivity index (χ1) is 8.39. The lowest BCUT2D eigenvalue weighted by Crippen LogP contribution is -2.15. The average molecular weight is 259 g/mol. The van der Waals surface area contributed by atoms with Crippen LogP contribution in [0.25, 0.3) is 5.65 Å². The number of fused-ring (bicyclic) bond motifs is 1. The molecule has 2 aromatic rings. The second kappa shape index (κ2) is 4.47. The molecule has 2 aromatic heterocycles. The number of aromatic nitrogens is 3. The van der Waals surface area contributed by atoms with Crippen molar-refractivity contribution in [2.75, 3.05) is 0 Å². The van der Waals surface area contributed by atoms with Crippen LogP contribution in [0.5, 0.6) is 0 Å². The van der Waals surface area contributed by atoms with Gasteiger partial charge in [0.2, 0.25) is 0 Å². The third-order valence-electron chi connectivity index (χ3n) is 2.47. The zero-order valence-electron chi connectivity index (χ0n) is 9.71. The fraction of sp³-hybridized carbons (Fsp3) is 0.455. The van der Waals surface area contributed by atoms with Crippen molar-refractivity contribution in [1.29, 1.82) is 0 Å². The molecule has 0 spiro atoms. The molecule has 0 fully saturated rings. The Morgan fingerprint density at radius 1 is 1.39 bits per heavy atom. The maximum atomic E-state index is 12.2. The molecule has 1 N–H and O–H groups in total. The number of hydrogen-bond acceptors (Lipinski definition) is 2. The van der Waals surface area contributed by atoms with E-state index in [0.29, 0.717) is 6.42 Å². The van der Waals surface area contributed by atoms with Gasteiger partial charge in [-0.3, -0.25) is 9.89 Å². The lowest BCUT2D eigenvalue weighted by Gasteiger charge is -2.01. The van der Waals surface area contributed by atoms with Crippen LogP contribution in [0.2, 0.25) is 0 Å². The molecule has 0 saturated carbocycles. The number of nitrogens with one attached hydrogen (secondary N) is 1. The standard InChI is InChI=1S/C11H12F3N3O/c1-2-3-7-4-9-15-8(6-11(12,13)14)16-17(9)10(18)5-7/h4-5H,2-3,6H2,1H3,(H,15,16). The molecule has 0 unspecified atom stereocenters. The highest BCUT2D eigenvalue weighted by molar-refractivity contribution is 5.40. The van der Waals surface area contributed by atoms with Gasteiger partial charge in [0.1, 0.15) is 12.2 Å². The van der Waals surface area contributed by atoms with E-state index in [1.807, 2.05) is 6.92 Å². The maximum absolute atomic E-state index is 12.2. The third-order valence-corrected chi connectivity index (χ3v) is 2.47. The number of halogens is 3. The van der Waals surface area contributed by atoms with E-state index >= 15 is 0 Å². The van der Waals surface area contributed by atoms with Crippen molar-refractivity contribution < 1.29 is 13.2 Å². The lowest BCUT2D eigenvalue weighted by molar-refractivity contribution is -0.128. The fourth-order valence-electron chi connectivity index (χ4n) is 1.80. The second-order valence-electron chi connectivity index (χ2n) is 4.11. The molecule has 7 heteroatoms. The van der Waals surface area contributed by atoms with Gasteiger partial charge in [-0.25, -0.2) is 9.50 Å². The predicted octanol–water partition coefficient (Wildman–Crippen LogP) is 2.08. The van der Waals surface area contributed by atoms with Crippen molar-refractivity contribution in [3.05, 3.63) is 33.9 Å². The van der Waals surface area contributed by atoms with Crippen LogP contribution in [0.1, 0.15) is 24.7 Å². The van der Waals surface area contributed by atoms with E-state index in [9.17, 15) is 18.0 Å². The van der Waals surface area contributed by atoms with Crippen molar-refractivity contribution in [2.24, 2.45) is 0 Å². The van der Waals surface area contributed by atoms with Crippen molar-refractivity contribution in [2.45, 2.75) is 32.4 Å². The van der Waals surface area contributed by atoms with Gasteiger partial charge in [0.15, 0.2) is 5.65 Å². The van der Waals surface area contributed by atoms with E-state index in [1.165, 1.54) is 6.07 Å². The Morgan fingerprint density at radius 2 is 2.11 bits per heavy atom. The summed E-state index contributed by atoms with van der Waals surface area (Å²) in [5.41, 5.74) is 0.620. The van der Waals surface area contributed by atoms with Gasteiger partial charge < -0.3 is 0 Å². The largest absolute Gasteiger partial charge is 0.396 e. The number of H-pyrrole nitrogens is 1. The quantitative estimate of drug-likeness (QED) is 0.917. The lowest BCUT2D eigenvalue weighted by atomic mass is 10.1. The predicted molar refractivity (Wildman–Crippen MR) is 59.6 cm³/mol. The van der Waals surface area contributed by atoms with Crippen molar-refractivity contribution in [1.82, 2.24) is 14.6 Å². The van der Waals surface area contributed by atoms with Crippen molar-refractivity contribution >= 4 is 5.65 Å². The van der Waals surface area contributed by atoms with Gasteiger partial charge in [0, 0.05) is 6.07 Å². The van der Waals surface area contributed by atoms with E-state index in [2.05, 4.69) is 10.1 Å². The van der Waals surface area contributed by atoms with E-state index in [0.717, 1.165) is 16.5 Å². The number of aryl methyl sites for hydroxylation is 1. The monoisotopic (exact) mass is 259 g/mol. The van der Waals surface area contributed by atoms with Crippen LogP contribution in [0.4, 0.5) is 13.2 Å². The molecule has 0 aliphatic rings. The van der Waals surface area contributed by atoms with Gasteiger partial charge in [0.05, 0.1) is 0 Å². The van der Waals surface area contributed by atoms with E-state index in [4.69, 9.17) is 0 Å². The molecular formula is C11H12F3N3O. The summed E-state index contributed by atoms with van der Waals surface area (Å²) >= 11 is 0. The van der Waals surface area contributed by atoms with E-state index < -0.39 is 18.2 Å². The van der Waals surface area contributed by atoms with Crippen LogP contribution in [-0.2, 0) is 12.8 Å². The number of nitrogens with zero attached hydrogens (tertiary/aromatic N) is 2. The molecule has 0 amide bonds. The molecule has 2 heterocycles. The molecule has 0 aromatic carbocycles. The molecule has 0 aliphatic carbocycles. The van der Waals surface area contributed by atoms with E-state index in [-0.39, 0.29) is 11.5 Å². The molecule has 0 radical (unpaired) electrons. The van der Waals surface area contributed by atoms with Gasteiger partial charge in [-0.05, 0) is 18.1 Å². The van der Waals surface area contributed by atoms with E-state index in [1.54, 1.807) is 6.07 Å². The van der Waals surface area contributed by atoms with Crippen LogP contribution in [0.3, 0.4) is 0 Å². The van der Waals surface area contributed by atoms with Gasteiger partial charge >= 0.3 is 6.18 Å². The summed E-state index contributed by atoms with van der Waals surface area (Å²) in [7, 11) is 0. The zero-order valence-corrected chi connectivity index (χ0v) is 9.71. The summed E-state index contributed by atoms with van der Waals surface area (Å²) < 4.78 is 37.7. The topological polar surface area (TPSA) is 50.2 Å². The zero-order chi connectivity index (χ0) is 13.3. The molecule has 2 rings (SSSR count). The third kappa shape index (κ3) is 2.72. The summed E-state index contributed by atoms with van der Waals surface area (Å²) in [5.74, 6) is -0.256. The molecule has 0 saturated heterocycles. The van der Waals surface area contributed by atoms with Gasteiger partial charge in [0.25, 0.3) is 5.56 Å². The molecule has 0 aliphatic heterocycles. The minimum Gasteiger partial charge on any atom is -0.276 e. The minimum atomic E-state index is -4.34. The highest BCUT2D eigenvalue weighted by atomic mass is 19.4. The summed E-state index contributed by atoms with van der Waals surface area (Å²) in [4.78, 5) is 15.5. The Morgan fingerprint density at radius 3 is 2.72 bits per heavy atom.